The van der Waals surface area contributed by atoms with Crippen molar-refractivity contribution in [1.29, 1.82) is 0 Å². The molecule has 0 radical (unpaired) electrons. The topological polar surface area (TPSA) is 75.4 Å². The second-order valence-electron chi connectivity index (χ2n) is 7.64. The Morgan fingerprint density at radius 3 is 2.22 bits per heavy atom. The maximum Gasteiger partial charge on any atom is 0.230 e. The lowest BCUT2D eigenvalue weighted by atomic mass is 9.81. The number of nitrogens with two attached hydrogens (primary N) is 1. The molecule has 1 aromatic rings. The Hall–Kier alpha value is -1.88. The summed E-state index contributed by atoms with van der Waals surface area (Å²) in [5.41, 5.74) is 6.50. The van der Waals surface area contributed by atoms with E-state index in [0.29, 0.717) is 19.6 Å². The largest absolute Gasteiger partial charge is 0.353 e. The van der Waals surface area contributed by atoms with Gasteiger partial charge in [0, 0.05) is 25.7 Å². The van der Waals surface area contributed by atoms with Gasteiger partial charge in [-0.25, -0.2) is 0 Å². The van der Waals surface area contributed by atoms with Crippen molar-refractivity contribution >= 4 is 11.8 Å². The number of carbonyl (C=O) groups is 2. The molecular weight excluding hydrogens is 338 g/mol. The first-order valence-electron chi connectivity index (χ1n) is 10.4. The van der Waals surface area contributed by atoms with E-state index >= 15 is 0 Å². The molecule has 3 N–H and O–H groups in total. The molecule has 0 aromatic heterocycles. The minimum absolute atomic E-state index is 0.0653. The molecule has 1 aliphatic heterocycles. The number of carbonyl (C=O) groups excluding carboxylic acids is 2. The Balaban J connectivity index is 1.93. The molecule has 1 fully saturated rings. The van der Waals surface area contributed by atoms with Gasteiger partial charge in [0.25, 0.3) is 0 Å². The van der Waals surface area contributed by atoms with Crippen molar-refractivity contribution in [3.8, 4) is 0 Å². The maximum absolute atomic E-state index is 13.0. The van der Waals surface area contributed by atoms with Crippen molar-refractivity contribution in [2.24, 2.45) is 11.1 Å². The Morgan fingerprint density at radius 2 is 1.74 bits per heavy atom. The molecule has 1 unspecified atom stereocenters. The average molecular weight is 374 g/mol. The fourth-order valence-corrected chi connectivity index (χ4v) is 3.99. The fourth-order valence-electron chi connectivity index (χ4n) is 3.99. The average Bonchev–Trinajstić information content (AvgIpc) is 2.71. The summed E-state index contributed by atoms with van der Waals surface area (Å²) in [6.07, 6.45) is 3.90. The number of piperidine rings is 1. The van der Waals surface area contributed by atoms with Crippen molar-refractivity contribution < 1.29 is 9.59 Å². The summed E-state index contributed by atoms with van der Waals surface area (Å²) < 4.78 is 0. The number of hydrogen-bond acceptors (Lipinski definition) is 3. The molecule has 1 saturated heterocycles. The van der Waals surface area contributed by atoms with Gasteiger partial charge in [0.05, 0.1) is 11.3 Å². The molecule has 2 amide bonds. The minimum atomic E-state index is -0.465. The summed E-state index contributed by atoms with van der Waals surface area (Å²) in [5.74, 6) is 0.185. The SMILES string of the molecule is CCC(C(=O)N1CCC(NC(=O)C(CC)(CC)CN)CC1)c1ccccc1. The first kappa shape index (κ1) is 21.4. The summed E-state index contributed by atoms with van der Waals surface area (Å²) in [4.78, 5) is 27.6. The second kappa shape index (κ2) is 9.88. The van der Waals surface area contributed by atoms with Crippen LogP contribution in [-0.4, -0.2) is 42.4 Å². The van der Waals surface area contributed by atoms with E-state index in [4.69, 9.17) is 5.73 Å². The van der Waals surface area contributed by atoms with Gasteiger partial charge in [-0.2, -0.15) is 0 Å². The highest BCUT2D eigenvalue weighted by Crippen LogP contribution is 2.27. The Morgan fingerprint density at radius 1 is 1.15 bits per heavy atom. The summed E-state index contributed by atoms with van der Waals surface area (Å²) >= 11 is 0. The summed E-state index contributed by atoms with van der Waals surface area (Å²) in [5, 5.41) is 3.19. The van der Waals surface area contributed by atoms with E-state index in [0.717, 1.165) is 37.7 Å². The molecule has 150 valence electrons. The Labute approximate surface area is 163 Å². The van der Waals surface area contributed by atoms with Crippen LogP contribution in [0.3, 0.4) is 0 Å². The number of hydrogen-bond donors (Lipinski definition) is 2. The molecular formula is C22H35N3O2. The third-order valence-corrected chi connectivity index (χ3v) is 6.28. The van der Waals surface area contributed by atoms with Crippen molar-refractivity contribution in [2.45, 2.75) is 64.8 Å². The van der Waals surface area contributed by atoms with Crippen LogP contribution >= 0.6 is 0 Å². The zero-order valence-corrected chi connectivity index (χ0v) is 17.0. The van der Waals surface area contributed by atoms with E-state index in [2.05, 4.69) is 12.2 Å². The van der Waals surface area contributed by atoms with Gasteiger partial charge in [0.2, 0.25) is 11.8 Å². The van der Waals surface area contributed by atoms with Crippen LogP contribution in [0.25, 0.3) is 0 Å². The molecule has 0 bridgehead atoms. The van der Waals surface area contributed by atoms with E-state index in [1.165, 1.54) is 0 Å². The van der Waals surface area contributed by atoms with Gasteiger partial charge in [0.15, 0.2) is 0 Å². The molecule has 1 aromatic carbocycles. The molecule has 1 atom stereocenters. The van der Waals surface area contributed by atoms with Crippen LogP contribution < -0.4 is 11.1 Å². The highest BCUT2D eigenvalue weighted by atomic mass is 16.2. The normalized spacial score (nSPS) is 16.8. The number of rotatable bonds is 8. The molecule has 1 aliphatic rings. The van der Waals surface area contributed by atoms with Gasteiger partial charge in [-0.15, -0.1) is 0 Å². The van der Waals surface area contributed by atoms with E-state index < -0.39 is 5.41 Å². The number of nitrogens with zero attached hydrogens (tertiary/aromatic N) is 1. The van der Waals surface area contributed by atoms with Crippen LogP contribution in [0.15, 0.2) is 30.3 Å². The van der Waals surface area contributed by atoms with Crippen LogP contribution in [-0.2, 0) is 9.59 Å². The number of likely N-dealkylation sites (tertiary alicyclic amines) is 1. The van der Waals surface area contributed by atoms with Crippen LogP contribution in [0.5, 0.6) is 0 Å². The van der Waals surface area contributed by atoms with Gasteiger partial charge in [-0.05, 0) is 37.7 Å². The zero-order chi connectivity index (χ0) is 19.9. The summed E-state index contributed by atoms with van der Waals surface area (Å²) in [6.45, 7) is 7.86. The van der Waals surface area contributed by atoms with Gasteiger partial charge < -0.3 is 16.0 Å². The summed E-state index contributed by atoms with van der Waals surface area (Å²) in [7, 11) is 0. The lowest BCUT2D eigenvalue weighted by Crippen LogP contribution is -2.52. The van der Waals surface area contributed by atoms with E-state index in [1.807, 2.05) is 49.1 Å². The quantitative estimate of drug-likeness (QED) is 0.735. The molecule has 5 heteroatoms. The molecule has 1 heterocycles. The van der Waals surface area contributed by atoms with Crippen LogP contribution in [0.4, 0.5) is 0 Å². The number of amides is 2. The van der Waals surface area contributed by atoms with Crippen molar-refractivity contribution in [3.63, 3.8) is 0 Å². The smallest absolute Gasteiger partial charge is 0.230 e. The molecule has 0 saturated carbocycles. The minimum Gasteiger partial charge on any atom is -0.353 e. The van der Waals surface area contributed by atoms with Crippen LogP contribution in [0, 0.1) is 5.41 Å². The summed E-state index contributed by atoms with van der Waals surface area (Å²) in [6, 6.07) is 10.1. The van der Waals surface area contributed by atoms with Gasteiger partial charge in [0.1, 0.15) is 0 Å². The predicted octanol–water partition coefficient (Wildman–Crippen LogP) is 3.05. The second-order valence-corrected chi connectivity index (χ2v) is 7.64. The van der Waals surface area contributed by atoms with Crippen LogP contribution in [0.1, 0.15) is 64.4 Å². The standard InChI is InChI=1S/C22H35N3O2/c1-4-19(17-10-8-7-9-11-17)20(26)25-14-12-18(13-15-25)24-21(27)22(5-2,6-3)16-23/h7-11,18-19H,4-6,12-16,23H2,1-3H3,(H,24,27). The third-order valence-electron chi connectivity index (χ3n) is 6.28. The Bertz CT molecular complexity index is 597. The lowest BCUT2D eigenvalue weighted by molar-refractivity contribution is -0.134. The number of benzene rings is 1. The maximum atomic E-state index is 13.0. The molecule has 2 rings (SSSR count). The molecule has 5 nitrogen and oxygen atoms in total. The first-order chi connectivity index (χ1) is 13.0. The molecule has 0 spiro atoms. The zero-order valence-electron chi connectivity index (χ0n) is 17.0. The first-order valence-corrected chi connectivity index (χ1v) is 10.4. The van der Waals surface area contributed by atoms with Gasteiger partial charge in [-0.1, -0.05) is 51.1 Å². The van der Waals surface area contributed by atoms with Gasteiger partial charge >= 0.3 is 0 Å². The van der Waals surface area contributed by atoms with E-state index in [9.17, 15) is 9.59 Å². The van der Waals surface area contributed by atoms with E-state index in [-0.39, 0.29) is 23.8 Å². The van der Waals surface area contributed by atoms with Crippen molar-refractivity contribution in [3.05, 3.63) is 35.9 Å². The Kier molecular flexibility index (Phi) is 7.84. The highest BCUT2D eigenvalue weighted by Gasteiger charge is 2.35. The predicted molar refractivity (Wildman–Crippen MR) is 109 cm³/mol. The molecule has 0 aliphatic carbocycles. The highest BCUT2D eigenvalue weighted by molar-refractivity contribution is 5.84. The van der Waals surface area contributed by atoms with Crippen molar-refractivity contribution in [2.75, 3.05) is 19.6 Å². The lowest BCUT2D eigenvalue weighted by Gasteiger charge is -2.37. The third kappa shape index (κ3) is 4.89. The fraction of sp³-hybridized carbons (Fsp3) is 0.636. The van der Waals surface area contributed by atoms with Crippen molar-refractivity contribution in [1.82, 2.24) is 10.2 Å². The van der Waals surface area contributed by atoms with Gasteiger partial charge in [-0.3, -0.25) is 9.59 Å². The van der Waals surface area contributed by atoms with E-state index in [1.54, 1.807) is 0 Å². The van der Waals surface area contributed by atoms with Crippen LogP contribution in [0.2, 0.25) is 0 Å². The molecule has 27 heavy (non-hydrogen) atoms. The number of nitrogens with one attached hydrogen (secondary N) is 1. The monoisotopic (exact) mass is 373 g/mol.